The van der Waals surface area contributed by atoms with Crippen molar-refractivity contribution in [1.82, 2.24) is 0 Å². The summed E-state index contributed by atoms with van der Waals surface area (Å²) in [6, 6.07) is 0. The highest BCUT2D eigenvalue weighted by Crippen LogP contribution is 2.66. The second kappa shape index (κ2) is 5.61. The number of allylic oxidation sites excluding steroid dienone is 1. The number of ketones is 1. The summed E-state index contributed by atoms with van der Waals surface area (Å²) in [4.78, 5) is 11.9. The SMILES string of the molecule is C[C@]12CC[C@H]3[C@@H](CCC4=CC(=O)CC[C@@]43C)[C@@H]1CC[C@H]2C#CI. The summed E-state index contributed by atoms with van der Waals surface area (Å²) < 4.78 is 3.17. The van der Waals surface area contributed by atoms with Gasteiger partial charge in [0.15, 0.2) is 5.78 Å². The molecule has 3 saturated carbocycles. The minimum absolute atomic E-state index is 0.311. The monoisotopic (exact) mass is 422 g/mol. The summed E-state index contributed by atoms with van der Waals surface area (Å²) >= 11 is 2.21. The summed E-state index contributed by atoms with van der Waals surface area (Å²) in [5, 5.41) is 0. The number of hydrogen-bond donors (Lipinski definition) is 0. The molecule has 0 aromatic heterocycles. The lowest BCUT2D eigenvalue weighted by Gasteiger charge is -2.57. The summed E-state index contributed by atoms with van der Waals surface area (Å²) in [6.45, 7) is 5.01. The van der Waals surface area contributed by atoms with Crippen molar-refractivity contribution in [3.63, 3.8) is 0 Å². The largest absolute Gasteiger partial charge is 0.295 e. The van der Waals surface area contributed by atoms with Gasteiger partial charge in [-0.15, -0.1) is 0 Å². The molecule has 3 fully saturated rings. The van der Waals surface area contributed by atoms with Crippen LogP contribution in [0.3, 0.4) is 0 Å². The molecule has 6 atom stereocenters. The van der Waals surface area contributed by atoms with Crippen molar-refractivity contribution >= 4 is 28.4 Å². The van der Waals surface area contributed by atoms with E-state index in [2.05, 4.69) is 46.3 Å². The number of hydrogen-bond acceptors (Lipinski definition) is 1. The summed E-state index contributed by atoms with van der Waals surface area (Å²) in [7, 11) is 0. The molecule has 0 N–H and O–H groups in total. The highest BCUT2D eigenvalue weighted by molar-refractivity contribution is 14.1. The van der Waals surface area contributed by atoms with Gasteiger partial charge in [-0.2, -0.15) is 0 Å². The Morgan fingerprint density at radius 1 is 1.09 bits per heavy atom. The second-order valence-electron chi connectivity index (χ2n) is 8.88. The predicted octanol–water partition coefficient (Wildman–Crippen LogP) is 5.53. The van der Waals surface area contributed by atoms with E-state index in [0.717, 1.165) is 30.6 Å². The molecule has 0 bridgehead atoms. The molecule has 4 aliphatic carbocycles. The first-order chi connectivity index (χ1) is 11.0. The molecule has 1 nitrogen and oxygen atoms in total. The summed E-state index contributed by atoms with van der Waals surface area (Å²) in [5.74, 6) is 7.05. The highest BCUT2D eigenvalue weighted by atomic mass is 127. The van der Waals surface area contributed by atoms with Crippen molar-refractivity contribution < 1.29 is 4.79 Å². The third-order valence-corrected chi connectivity index (χ3v) is 8.50. The van der Waals surface area contributed by atoms with Crippen molar-refractivity contribution in [2.45, 2.75) is 65.2 Å². The molecular weight excluding hydrogens is 395 g/mol. The number of carbonyl (C=O) groups is 1. The smallest absolute Gasteiger partial charge is 0.155 e. The van der Waals surface area contributed by atoms with Crippen LogP contribution in [-0.2, 0) is 4.79 Å². The van der Waals surface area contributed by atoms with Crippen molar-refractivity contribution in [3.8, 4) is 9.85 Å². The van der Waals surface area contributed by atoms with Gasteiger partial charge in [-0.1, -0.05) is 25.3 Å². The Balaban J connectivity index is 1.66. The van der Waals surface area contributed by atoms with E-state index in [1.165, 1.54) is 44.1 Å². The van der Waals surface area contributed by atoms with Crippen molar-refractivity contribution in [2.24, 2.45) is 34.5 Å². The zero-order chi connectivity index (χ0) is 16.2. The zero-order valence-electron chi connectivity index (χ0n) is 14.3. The molecule has 0 saturated heterocycles. The molecule has 0 aromatic rings. The molecule has 0 unspecified atom stereocenters. The molecule has 0 amide bonds. The van der Waals surface area contributed by atoms with E-state index in [1.54, 1.807) is 0 Å². The minimum atomic E-state index is 0.311. The minimum Gasteiger partial charge on any atom is -0.295 e. The van der Waals surface area contributed by atoms with Gasteiger partial charge in [0.05, 0.1) is 0 Å². The second-order valence-corrected chi connectivity index (χ2v) is 9.42. The van der Waals surface area contributed by atoms with E-state index in [1.807, 2.05) is 6.08 Å². The fourth-order valence-corrected chi connectivity index (χ4v) is 7.24. The van der Waals surface area contributed by atoms with E-state index in [4.69, 9.17) is 0 Å². The first-order valence-corrected chi connectivity index (χ1v) is 10.4. The zero-order valence-corrected chi connectivity index (χ0v) is 16.5. The molecule has 0 spiro atoms. The van der Waals surface area contributed by atoms with E-state index in [-0.39, 0.29) is 0 Å². The van der Waals surface area contributed by atoms with Crippen molar-refractivity contribution in [2.75, 3.05) is 0 Å². The first-order valence-electron chi connectivity index (χ1n) is 9.34. The lowest BCUT2D eigenvalue weighted by Crippen LogP contribution is -2.50. The van der Waals surface area contributed by atoms with Crippen LogP contribution in [0.2, 0.25) is 0 Å². The lowest BCUT2D eigenvalue weighted by molar-refractivity contribution is -0.117. The number of halogens is 1. The maximum Gasteiger partial charge on any atom is 0.155 e. The maximum atomic E-state index is 11.9. The van der Waals surface area contributed by atoms with Crippen LogP contribution in [0.15, 0.2) is 11.6 Å². The van der Waals surface area contributed by atoms with Gasteiger partial charge in [0.1, 0.15) is 0 Å². The van der Waals surface area contributed by atoms with Gasteiger partial charge >= 0.3 is 0 Å². The van der Waals surface area contributed by atoms with Crippen LogP contribution in [0.1, 0.15) is 65.2 Å². The Kier molecular flexibility index (Phi) is 3.95. The number of rotatable bonds is 0. The molecule has 0 aliphatic heterocycles. The van der Waals surface area contributed by atoms with Crippen LogP contribution in [0.4, 0.5) is 0 Å². The third-order valence-electron chi connectivity index (χ3n) is 8.19. The normalized spacial score (nSPS) is 48.5. The van der Waals surface area contributed by atoms with E-state index < -0.39 is 0 Å². The molecule has 0 aromatic carbocycles. The lowest BCUT2D eigenvalue weighted by atomic mass is 9.47. The Morgan fingerprint density at radius 3 is 2.70 bits per heavy atom. The van der Waals surface area contributed by atoms with Crippen molar-refractivity contribution in [1.29, 1.82) is 0 Å². The summed E-state index contributed by atoms with van der Waals surface area (Å²) in [5.41, 5.74) is 2.24. The van der Waals surface area contributed by atoms with Crippen LogP contribution in [0.25, 0.3) is 0 Å². The van der Waals surface area contributed by atoms with Gasteiger partial charge in [-0.3, -0.25) is 4.79 Å². The average molecular weight is 422 g/mol. The van der Waals surface area contributed by atoms with E-state index in [9.17, 15) is 4.79 Å². The summed E-state index contributed by atoms with van der Waals surface area (Å²) in [6.07, 6.45) is 11.7. The van der Waals surface area contributed by atoms with E-state index >= 15 is 0 Å². The molecule has 4 rings (SSSR count). The Hall–Kier alpha value is -0.300. The molecule has 0 radical (unpaired) electrons. The molecular formula is C21H27IO. The molecule has 4 aliphatic rings. The quantitative estimate of drug-likeness (QED) is 0.371. The number of carbonyl (C=O) groups excluding carboxylic acids is 1. The predicted molar refractivity (Wildman–Crippen MR) is 102 cm³/mol. The highest BCUT2D eigenvalue weighted by Gasteiger charge is 2.58. The Morgan fingerprint density at radius 2 is 1.91 bits per heavy atom. The molecule has 0 heterocycles. The van der Waals surface area contributed by atoms with Crippen LogP contribution >= 0.6 is 22.6 Å². The standard InChI is InChI=1S/C21H27IO/c1-20-11-8-19-17(18(20)6-4-14(20)9-12-22)5-3-15-13-16(23)7-10-21(15,19)2/h13-14,17-19H,3-8,10-11H2,1-2H3/t14-,17-,18-,19-,20+,21-/m0/s1. The third kappa shape index (κ3) is 2.29. The van der Waals surface area contributed by atoms with Gasteiger partial charge in [0.25, 0.3) is 0 Å². The van der Waals surface area contributed by atoms with Crippen molar-refractivity contribution in [3.05, 3.63) is 11.6 Å². The average Bonchev–Trinajstić information content (AvgIpc) is 2.85. The van der Waals surface area contributed by atoms with Crippen LogP contribution in [0, 0.1) is 44.3 Å². The first kappa shape index (κ1) is 16.2. The molecule has 2 heteroatoms. The van der Waals surface area contributed by atoms with Gasteiger partial charge in [-0.25, -0.2) is 0 Å². The van der Waals surface area contributed by atoms with Crippen LogP contribution < -0.4 is 0 Å². The Labute approximate surface area is 154 Å². The van der Waals surface area contributed by atoms with Gasteiger partial charge < -0.3 is 0 Å². The van der Waals surface area contributed by atoms with Crippen LogP contribution in [-0.4, -0.2) is 5.78 Å². The topological polar surface area (TPSA) is 17.1 Å². The van der Waals surface area contributed by atoms with Crippen LogP contribution in [0.5, 0.6) is 0 Å². The van der Waals surface area contributed by atoms with Gasteiger partial charge in [0.2, 0.25) is 0 Å². The number of fused-ring (bicyclic) bond motifs is 5. The van der Waals surface area contributed by atoms with Gasteiger partial charge in [-0.05, 0) is 83.5 Å². The van der Waals surface area contributed by atoms with Gasteiger partial charge in [0, 0.05) is 34.9 Å². The Bertz CT molecular complexity index is 623. The molecule has 124 valence electrons. The maximum absolute atomic E-state index is 11.9. The fraction of sp³-hybridized carbons (Fsp3) is 0.762. The van der Waals surface area contributed by atoms with E-state index in [0.29, 0.717) is 22.5 Å². The fourth-order valence-electron chi connectivity index (χ4n) is 6.86. The molecule has 23 heavy (non-hydrogen) atoms.